The Hall–Kier alpha value is -2.99. The fraction of sp³-hybridized carbons (Fsp3) is 0.381. The van der Waals surface area contributed by atoms with E-state index >= 15 is 0 Å². The van der Waals surface area contributed by atoms with Crippen LogP contribution in [0.25, 0.3) is 0 Å². The number of anilines is 1. The predicted molar refractivity (Wildman–Crippen MR) is 125 cm³/mol. The molecule has 174 valence electrons. The second kappa shape index (κ2) is 9.48. The third-order valence-corrected chi connectivity index (χ3v) is 7.96. The van der Waals surface area contributed by atoms with Gasteiger partial charge in [-0.1, -0.05) is 30.0 Å². The van der Waals surface area contributed by atoms with Crippen LogP contribution in [0.2, 0.25) is 0 Å². The third-order valence-electron chi connectivity index (χ3n) is 5.57. The first kappa shape index (κ1) is 23.2. The number of nitrogens with one attached hydrogen (secondary N) is 1. The number of amides is 2. The van der Waals surface area contributed by atoms with E-state index < -0.39 is 23.3 Å². The Morgan fingerprint density at radius 2 is 2.09 bits per heavy atom. The standard InChI is InChI=1S/C21H24N6O4S2/c1-3-26-11(2)24-25-21(26)33-10-13-9-32-19-16(18(29)27(19)17(13)20(30)31)23-15(28)8-12-6-4-5-7-14(12)22/h4-7,16,19H,3,8-10,22H2,1-2H3,(H,23,28)(H,30,31)/t16?,19-/m0/s1. The number of carbonyl (C=O) groups excluding carboxylic acids is 2. The van der Waals surface area contributed by atoms with Crippen molar-refractivity contribution in [3.63, 3.8) is 0 Å². The Balaban J connectivity index is 1.45. The number of hydrogen-bond acceptors (Lipinski definition) is 8. The molecule has 0 spiro atoms. The summed E-state index contributed by atoms with van der Waals surface area (Å²) in [5, 5.41) is 21.1. The van der Waals surface area contributed by atoms with Crippen molar-refractivity contribution in [1.82, 2.24) is 25.0 Å². The molecule has 1 aromatic carbocycles. The van der Waals surface area contributed by atoms with Gasteiger partial charge in [0, 0.05) is 23.7 Å². The van der Waals surface area contributed by atoms with Gasteiger partial charge in [0.15, 0.2) is 5.16 Å². The number of rotatable bonds is 8. The van der Waals surface area contributed by atoms with Gasteiger partial charge in [-0.05, 0) is 31.1 Å². The molecular weight excluding hydrogens is 464 g/mol. The van der Waals surface area contributed by atoms with Crippen LogP contribution in [-0.4, -0.2) is 65.5 Å². The van der Waals surface area contributed by atoms with Crippen LogP contribution in [0.1, 0.15) is 18.3 Å². The molecule has 33 heavy (non-hydrogen) atoms. The van der Waals surface area contributed by atoms with Crippen LogP contribution in [0.15, 0.2) is 40.7 Å². The number of hydrogen-bond donors (Lipinski definition) is 3. The molecule has 2 amide bonds. The molecule has 1 fully saturated rings. The van der Waals surface area contributed by atoms with Crippen LogP contribution in [0, 0.1) is 6.92 Å². The van der Waals surface area contributed by atoms with E-state index in [0.29, 0.717) is 40.0 Å². The molecule has 1 saturated heterocycles. The topological polar surface area (TPSA) is 143 Å². The molecule has 3 heterocycles. The summed E-state index contributed by atoms with van der Waals surface area (Å²) in [5.74, 6) is -0.288. The van der Waals surface area contributed by atoms with Crippen LogP contribution in [0.5, 0.6) is 0 Å². The fourth-order valence-electron chi connectivity index (χ4n) is 3.87. The lowest BCUT2D eigenvalue weighted by Crippen LogP contribution is -2.70. The molecule has 2 aliphatic heterocycles. The highest BCUT2D eigenvalue weighted by atomic mass is 32.2. The number of β-lactam (4-membered cyclic amide) rings is 1. The maximum absolute atomic E-state index is 12.8. The number of fused-ring (bicyclic) bond motifs is 1. The van der Waals surface area contributed by atoms with E-state index in [4.69, 9.17) is 5.73 Å². The first-order chi connectivity index (χ1) is 15.8. The van der Waals surface area contributed by atoms with Gasteiger partial charge in [0.05, 0.1) is 6.42 Å². The quantitative estimate of drug-likeness (QED) is 0.284. The van der Waals surface area contributed by atoms with E-state index in [2.05, 4.69) is 15.5 Å². The summed E-state index contributed by atoms with van der Waals surface area (Å²) in [7, 11) is 0. The summed E-state index contributed by atoms with van der Waals surface area (Å²) in [6, 6.07) is 6.28. The Labute approximate surface area is 199 Å². The lowest BCUT2D eigenvalue weighted by Gasteiger charge is -2.49. The minimum absolute atomic E-state index is 0.00617. The number of aryl methyl sites for hydroxylation is 1. The van der Waals surface area contributed by atoms with Crippen LogP contribution in [0.3, 0.4) is 0 Å². The number of aliphatic carboxylic acids is 1. The van der Waals surface area contributed by atoms with Crippen molar-refractivity contribution >= 4 is 47.0 Å². The van der Waals surface area contributed by atoms with E-state index in [-0.39, 0.29) is 18.0 Å². The van der Waals surface area contributed by atoms with Crippen molar-refractivity contribution in [3.05, 3.63) is 46.9 Å². The zero-order chi connectivity index (χ0) is 23.7. The molecule has 12 heteroatoms. The zero-order valence-corrected chi connectivity index (χ0v) is 19.8. The van der Waals surface area contributed by atoms with Gasteiger partial charge in [-0.25, -0.2) is 4.79 Å². The summed E-state index contributed by atoms with van der Waals surface area (Å²) in [6.07, 6.45) is 0.0505. The number of nitrogen functional groups attached to an aromatic ring is 1. The number of thioether (sulfide) groups is 2. The van der Waals surface area contributed by atoms with Crippen molar-refractivity contribution in [2.24, 2.45) is 0 Å². The molecule has 2 aliphatic rings. The van der Waals surface area contributed by atoms with E-state index in [1.807, 2.05) is 18.4 Å². The fourth-order valence-corrected chi connectivity index (χ4v) is 6.40. The van der Waals surface area contributed by atoms with E-state index in [1.54, 1.807) is 24.3 Å². The zero-order valence-electron chi connectivity index (χ0n) is 18.1. The molecule has 0 aliphatic carbocycles. The minimum Gasteiger partial charge on any atom is -0.477 e. The second-order valence-corrected chi connectivity index (χ2v) is 9.70. The summed E-state index contributed by atoms with van der Waals surface area (Å²) >= 11 is 2.84. The predicted octanol–water partition coefficient (Wildman–Crippen LogP) is 1.26. The molecule has 0 bridgehead atoms. The first-order valence-corrected chi connectivity index (χ1v) is 12.4. The largest absolute Gasteiger partial charge is 0.477 e. The highest BCUT2D eigenvalue weighted by Gasteiger charge is 2.54. The second-order valence-electron chi connectivity index (χ2n) is 7.65. The number of para-hydroxylation sites is 1. The van der Waals surface area contributed by atoms with Crippen molar-refractivity contribution < 1.29 is 19.5 Å². The number of nitrogens with two attached hydrogens (primary N) is 1. The minimum atomic E-state index is -1.15. The Morgan fingerprint density at radius 3 is 2.79 bits per heavy atom. The van der Waals surface area contributed by atoms with Crippen LogP contribution >= 0.6 is 23.5 Å². The number of nitrogens with zero attached hydrogens (tertiary/aromatic N) is 4. The smallest absolute Gasteiger partial charge is 0.352 e. The summed E-state index contributed by atoms with van der Waals surface area (Å²) in [6.45, 7) is 4.56. The molecule has 1 unspecified atom stereocenters. The first-order valence-electron chi connectivity index (χ1n) is 10.4. The molecule has 10 nitrogen and oxygen atoms in total. The molecule has 2 aromatic rings. The average Bonchev–Trinajstić information content (AvgIpc) is 3.16. The van der Waals surface area contributed by atoms with Gasteiger partial charge in [-0.3, -0.25) is 14.5 Å². The average molecular weight is 489 g/mol. The number of carboxylic acids is 1. The van der Waals surface area contributed by atoms with Gasteiger partial charge < -0.3 is 20.7 Å². The molecule has 2 atom stereocenters. The van der Waals surface area contributed by atoms with Gasteiger partial charge >= 0.3 is 5.97 Å². The molecule has 4 rings (SSSR count). The molecule has 1 aromatic heterocycles. The van der Waals surface area contributed by atoms with Crippen LogP contribution in [-0.2, 0) is 27.3 Å². The number of carbonyl (C=O) groups is 3. The maximum atomic E-state index is 12.8. The maximum Gasteiger partial charge on any atom is 0.352 e. The normalized spacial score (nSPS) is 19.8. The Morgan fingerprint density at radius 1 is 1.33 bits per heavy atom. The summed E-state index contributed by atoms with van der Waals surface area (Å²) in [5.41, 5.74) is 7.72. The highest BCUT2D eigenvalue weighted by Crippen LogP contribution is 2.41. The molecule has 0 radical (unpaired) electrons. The van der Waals surface area contributed by atoms with E-state index in [0.717, 1.165) is 5.82 Å². The third kappa shape index (κ3) is 4.44. The summed E-state index contributed by atoms with van der Waals surface area (Å²) < 4.78 is 1.95. The molecular formula is C21H24N6O4S2. The van der Waals surface area contributed by atoms with Crippen molar-refractivity contribution in [1.29, 1.82) is 0 Å². The van der Waals surface area contributed by atoms with Gasteiger partial charge in [0.2, 0.25) is 5.91 Å². The highest BCUT2D eigenvalue weighted by molar-refractivity contribution is 8.01. The van der Waals surface area contributed by atoms with E-state index in [9.17, 15) is 19.5 Å². The summed E-state index contributed by atoms with van der Waals surface area (Å²) in [4.78, 5) is 38.7. The number of aromatic nitrogens is 3. The van der Waals surface area contributed by atoms with Gasteiger partial charge in [-0.15, -0.1) is 22.0 Å². The lowest BCUT2D eigenvalue weighted by atomic mass is 10.0. The van der Waals surface area contributed by atoms with Gasteiger partial charge in [0.1, 0.15) is 22.9 Å². The Bertz CT molecular complexity index is 1150. The van der Waals surface area contributed by atoms with Crippen molar-refractivity contribution in [3.8, 4) is 0 Å². The van der Waals surface area contributed by atoms with Crippen LogP contribution < -0.4 is 11.1 Å². The molecule has 0 saturated carbocycles. The van der Waals surface area contributed by atoms with Crippen molar-refractivity contribution in [2.75, 3.05) is 17.2 Å². The number of carboxylic acid groups (broad SMARTS) is 1. The van der Waals surface area contributed by atoms with E-state index in [1.165, 1.54) is 28.4 Å². The van der Waals surface area contributed by atoms with Crippen molar-refractivity contribution in [2.45, 2.75) is 43.4 Å². The monoisotopic (exact) mass is 488 g/mol. The SMILES string of the molecule is CCn1c(C)nnc1SCC1=C(C(=O)O)N2C(=O)C(NC(=O)Cc3ccccc3N)[C@@H]2SC1. The lowest BCUT2D eigenvalue weighted by molar-refractivity contribution is -0.150. The van der Waals surface area contributed by atoms with Crippen LogP contribution in [0.4, 0.5) is 5.69 Å². The van der Waals surface area contributed by atoms with Gasteiger partial charge in [0.25, 0.3) is 5.91 Å². The van der Waals surface area contributed by atoms with Gasteiger partial charge in [-0.2, -0.15) is 0 Å². The number of benzene rings is 1. The molecule has 4 N–H and O–H groups in total. The Kier molecular flexibility index (Phi) is 6.66.